The van der Waals surface area contributed by atoms with E-state index in [1.165, 1.54) is 0 Å². The summed E-state index contributed by atoms with van der Waals surface area (Å²) in [6, 6.07) is 21.9. The van der Waals surface area contributed by atoms with E-state index in [0.717, 1.165) is 15.2 Å². The number of aromatic nitrogens is 1. The third-order valence-corrected chi connectivity index (χ3v) is 6.16. The van der Waals surface area contributed by atoms with Crippen LogP contribution in [0.15, 0.2) is 81.7 Å². The molecule has 31 heavy (non-hydrogen) atoms. The number of fused-ring (bicyclic) bond motifs is 2. The number of halogens is 3. The third-order valence-electron chi connectivity index (χ3n) is 4.92. The lowest BCUT2D eigenvalue weighted by molar-refractivity contribution is 0.102. The molecule has 1 N–H and O–H groups in total. The lowest BCUT2D eigenvalue weighted by atomic mass is 10.0. The molecular formula is C24H13BrCl2N2O2. The predicted molar refractivity (Wildman–Crippen MR) is 129 cm³/mol. The van der Waals surface area contributed by atoms with Crippen LogP contribution in [0.3, 0.4) is 0 Å². The number of carbonyl (C=O) groups is 1. The van der Waals surface area contributed by atoms with Gasteiger partial charge in [0.15, 0.2) is 5.58 Å². The summed E-state index contributed by atoms with van der Waals surface area (Å²) in [6.45, 7) is 0. The first-order valence-electron chi connectivity index (χ1n) is 9.34. The van der Waals surface area contributed by atoms with Crippen LogP contribution in [0.5, 0.6) is 0 Å². The van der Waals surface area contributed by atoms with E-state index in [9.17, 15) is 4.79 Å². The summed E-state index contributed by atoms with van der Waals surface area (Å²) in [6.07, 6.45) is 0. The van der Waals surface area contributed by atoms with E-state index in [0.29, 0.717) is 43.9 Å². The molecule has 1 aromatic heterocycles. The van der Waals surface area contributed by atoms with Gasteiger partial charge >= 0.3 is 0 Å². The number of hydrogen-bond acceptors (Lipinski definition) is 3. The van der Waals surface area contributed by atoms with Crippen molar-refractivity contribution in [2.75, 3.05) is 5.32 Å². The average molecular weight is 512 g/mol. The number of nitrogens with one attached hydrogen (secondary N) is 1. The van der Waals surface area contributed by atoms with E-state index in [-0.39, 0.29) is 5.91 Å². The largest absolute Gasteiger partial charge is 0.436 e. The zero-order chi connectivity index (χ0) is 21.5. The molecule has 0 saturated carbocycles. The van der Waals surface area contributed by atoms with Crippen LogP contribution in [-0.2, 0) is 0 Å². The minimum absolute atomic E-state index is 0.201. The maximum Gasteiger partial charge on any atom is 0.256 e. The molecule has 7 heteroatoms. The van der Waals surface area contributed by atoms with Crippen molar-refractivity contribution < 1.29 is 9.21 Å². The lowest BCUT2D eigenvalue weighted by Crippen LogP contribution is -2.12. The van der Waals surface area contributed by atoms with Gasteiger partial charge in [-0.15, -0.1) is 0 Å². The first-order valence-corrected chi connectivity index (χ1v) is 10.9. The highest BCUT2D eigenvalue weighted by molar-refractivity contribution is 9.10. The first-order chi connectivity index (χ1) is 15.0. The van der Waals surface area contributed by atoms with Crippen molar-refractivity contribution >= 4 is 72.6 Å². The Morgan fingerprint density at radius 1 is 0.935 bits per heavy atom. The van der Waals surface area contributed by atoms with Crippen LogP contribution in [-0.4, -0.2) is 10.9 Å². The van der Waals surface area contributed by atoms with Crippen molar-refractivity contribution in [2.24, 2.45) is 0 Å². The fourth-order valence-corrected chi connectivity index (χ4v) is 4.44. The summed E-state index contributed by atoms with van der Waals surface area (Å²) in [7, 11) is 0. The monoisotopic (exact) mass is 510 g/mol. The quantitative estimate of drug-likeness (QED) is 0.267. The van der Waals surface area contributed by atoms with E-state index in [1.807, 2.05) is 30.3 Å². The molecule has 0 unspecified atom stereocenters. The van der Waals surface area contributed by atoms with Crippen LogP contribution in [0.2, 0.25) is 10.0 Å². The van der Waals surface area contributed by atoms with Crippen LogP contribution in [0.4, 0.5) is 5.69 Å². The predicted octanol–water partition coefficient (Wildman–Crippen LogP) is 7.97. The molecule has 0 bridgehead atoms. The van der Waals surface area contributed by atoms with Crippen LogP contribution in [0, 0.1) is 0 Å². The lowest BCUT2D eigenvalue weighted by Gasteiger charge is -2.09. The second kappa shape index (κ2) is 8.00. The molecule has 0 spiro atoms. The minimum Gasteiger partial charge on any atom is -0.436 e. The van der Waals surface area contributed by atoms with Crippen molar-refractivity contribution in [2.45, 2.75) is 0 Å². The smallest absolute Gasteiger partial charge is 0.256 e. The van der Waals surface area contributed by atoms with E-state index >= 15 is 0 Å². The van der Waals surface area contributed by atoms with Gasteiger partial charge in [0.1, 0.15) is 5.52 Å². The molecule has 152 valence electrons. The highest BCUT2D eigenvalue weighted by Crippen LogP contribution is 2.33. The number of carbonyl (C=O) groups excluding carboxylic acids is 1. The van der Waals surface area contributed by atoms with E-state index in [1.54, 1.807) is 42.5 Å². The Hall–Kier alpha value is -2.86. The van der Waals surface area contributed by atoms with Gasteiger partial charge in [0.2, 0.25) is 5.89 Å². The fourth-order valence-electron chi connectivity index (χ4n) is 3.45. The zero-order valence-electron chi connectivity index (χ0n) is 15.8. The molecule has 1 amide bonds. The molecule has 0 aliphatic heterocycles. The van der Waals surface area contributed by atoms with E-state index in [4.69, 9.17) is 27.6 Å². The molecule has 0 fully saturated rings. The van der Waals surface area contributed by atoms with Gasteiger partial charge in [0.05, 0.1) is 10.6 Å². The topological polar surface area (TPSA) is 55.1 Å². The van der Waals surface area contributed by atoms with Crippen molar-refractivity contribution in [3.8, 4) is 11.5 Å². The molecule has 1 heterocycles. The van der Waals surface area contributed by atoms with Crippen molar-refractivity contribution in [1.29, 1.82) is 0 Å². The van der Waals surface area contributed by atoms with Gasteiger partial charge in [0, 0.05) is 20.7 Å². The molecule has 0 aliphatic carbocycles. The maximum absolute atomic E-state index is 13.0. The highest BCUT2D eigenvalue weighted by Gasteiger charge is 2.15. The van der Waals surface area contributed by atoms with Gasteiger partial charge in [0.25, 0.3) is 5.91 Å². The van der Waals surface area contributed by atoms with E-state index in [2.05, 4.69) is 26.2 Å². The number of benzene rings is 4. The number of oxazole rings is 1. The summed E-state index contributed by atoms with van der Waals surface area (Å²) >= 11 is 15.8. The summed E-state index contributed by atoms with van der Waals surface area (Å²) in [4.78, 5) is 17.5. The van der Waals surface area contributed by atoms with Gasteiger partial charge in [-0.25, -0.2) is 4.98 Å². The minimum atomic E-state index is -0.201. The molecule has 0 saturated heterocycles. The van der Waals surface area contributed by atoms with E-state index < -0.39 is 0 Å². The second-order valence-corrected chi connectivity index (χ2v) is 8.62. The van der Waals surface area contributed by atoms with Gasteiger partial charge in [-0.05, 0) is 59.3 Å². The second-order valence-electron chi connectivity index (χ2n) is 6.92. The summed E-state index contributed by atoms with van der Waals surface area (Å²) < 4.78 is 6.78. The standard InChI is InChI=1S/C24H13BrCl2N2O2/c25-19-6-2-3-15-16(19)4-1-5-17(15)23(30)28-14-8-10-22-21(12-14)29-24(31-22)18-9-7-13(26)11-20(18)27/h1-12H,(H,28,30). The molecule has 4 aromatic carbocycles. The molecular weight excluding hydrogens is 499 g/mol. The number of rotatable bonds is 3. The Balaban J connectivity index is 1.48. The average Bonchev–Trinajstić information content (AvgIpc) is 3.16. The SMILES string of the molecule is O=C(Nc1ccc2oc(-c3ccc(Cl)cc3Cl)nc2c1)c1cccc2c(Br)cccc12. The summed E-state index contributed by atoms with van der Waals surface area (Å²) in [5.41, 5.74) is 3.06. The molecule has 0 radical (unpaired) electrons. The molecule has 4 nitrogen and oxygen atoms in total. The number of amides is 1. The zero-order valence-corrected chi connectivity index (χ0v) is 18.9. The Kier molecular flexibility index (Phi) is 5.18. The molecule has 0 aliphatic rings. The highest BCUT2D eigenvalue weighted by atomic mass is 79.9. The number of nitrogens with zero attached hydrogens (tertiary/aromatic N) is 1. The molecule has 5 rings (SSSR count). The van der Waals surface area contributed by atoms with Crippen LogP contribution < -0.4 is 5.32 Å². The van der Waals surface area contributed by atoms with Gasteiger partial charge in [-0.3, -0.25) is 4.79 Å². The van der Waals surface area contributed by atoms with Crippen LogP contribution in [0.25, 0.3) is 33.3 Å². The van der Waals surface area contributed by atoms with Gasteiger partial charge < -0.3 is 9.73 Å². The molecule has 0 atom stereocenters. The summed E-state index contributed by atoms with van der Waals surface area (Å²) in [5, 5.41) is 5.79. The van der Waals surface area contributed by atoms with Crippen LogP contribution in [0.1, 0.15) is 10.4 Å². The van der Waals surface area contributed by atoms with Crippen molar-refractivity contribution in [3.05, 3.63) is 92.9 Å². The summed E-state index contributed by atoms with van der Waals surface area (Å²) in [5.74, 6) is 0.187. The van der Waals surface area contributed by atoms with Crippen LogP contribution >= 0.6 is 39.1 Å². The van der Waals surface area contributed by atoms with Gasteiger partial charge in [-0.1, -0.05) is 63.4 Å². The van der Waals surface area contributed by atoms with Crippen molar-refractivity contribution in [3.63, 3.8) is 0 Å². The Morgan fingerprint density at radius 3 is 2.58 bits per heavy atom. The van der Waals surface area contributed by atoms with Gasteiger partial charge in [-0.2, -0.15) is 0 Å². The Bertz CT molecular complexity index is 1480. The fraction of sp³-hybridized carbons (Fsp3) is 0. The normalized spacial score (nSPS) is 11.2. The first kappa shape index (κ1) is 20.1. The molecule has 5 aromatic rings. The number of hydrogen-bond donors (Lipinski definition) is 1. The number of anilines is 1. The Morgan fingerprint density at radius 2 is 1.74 bits per heavy atom. The Labute approximate surface area is 195 Å². The maximum atomic E-state index is 13.0. The third kappa shape index (κ3) is 3.81. The van der Waals surface area contributed by atoms with Crippen molar-refractivity contribution in [1.82, 2.24) is 4.98 Å².